The van der Waals surface area contributed by atoms with Gasteiger partial charge in [0.1, 0.15) is 0 Å². The molecule has 2 heterocycles. The van der Waals surface area contributed by atoms with Crippen molar-refractivity contribution in [2.75, 3.05) is 0 Å². The highest BCUT2D eigenvalue weighted by molar-refractivity contribution is 7.05. The molecule has 0 aliphatic rings. The van der Waals surface area contributed by atoms with Crippen LogP contribution in [0.2, 0.25) is 5.02 Å². The molecule has 0 radical (unpaired) electrons. The molecule has 1 unspecified atom stereocenters. The van der Waals surface area contributed by atoms with E-state index in [2.05, 4.69) is 35.5 Å². The van der Waals surface area contributed by atoms with E-state index in [-0.39, 0.29) is 11.5 Å². The molecule has 0 aliphatic heterocycles. The smallest absolute Gasteiger partial charge is 0.0867 e. The fourth-order valence-electron chi connectivity index (χ4n) is 1.82. The summed E-state index contributed by atoms with van der Waals surface area (Å²) >= 11 is 7.44. The standard InChI is InChI=1S/C11H16ClN5S/c1-11(2,3)10-9(18-16-15-10)7(13)8-6(12)5-14-17(8)4/h5,7H,13H2,1-4H3. The molecule has 18 heavy (non-hydrogen) atoms. The van der Waals surface area contributed by atoms with Crippen molar-refractivity contribution in [3.63, 3.8) is 0 Å². The maximum Gasteiger partial charge on any atom is 0.0867 e. The van der Waals surface area contributed by atoms with Gasteiger partial charge in [-0.05, 0) is 11.5 Å². The van der Waals surface area contributed by atoms with Crippen molar-refractivity contribution >= 4 is 23.1 Å². The van der Waals surface area contributed by atoms with Crippen molar-refractivity contribution in [2.24, 2.45) is 12.8 Å². The monoisotopic (exact) mass is 285 g/mol. The summed E-state index contributed by atoms with van der Waals surface area (Å²) in [6, 6.07) is -0.348. The summed E-state index contributed by atoms with van der Waals surface area (Å²) in [4.78, 5) is 0.938. The van der Waals surface area contributed by atoms with Crippen LogP contribution in [0, 0.1) is 0 Å². The van der Waals surface area contributed by atoms with Crippen molar-refractivity contribution in [2.45, 2.75) is 32.2 Å². The summed E-state index contributed by atoms with van der Waals surface area (Å²) in [5.74, 6) is 0. The maximum atomic E-state index is 6.29. The third-order valence-electron chi connectivity index (χ3n) is 2.74. The minimum absolute atomic E-state index is 0.0922. The Kier molecular flexibility index (Phi) is 3.44. The van der Waals surface area contributed by atoms with E-state index in [1.807, 2.05) is 7.05 Å². The Bertz CT molecular complexity index is 535. The Hall–Kier alpha value is -0.980. The van der Waals surface area contributed by atoms with Crippen molar-refractivity contribution < 1.29 is 0 Å². The molecule has 0 spiro atoms. The average molecular weight is 286 g/mol. The number of aromatic nitrogens is 4. The van der Waals surface area contributed by atoms with Crippen LogP contribution in [0.5, 0.6) is 0 Å². The summed E-state index contributed by atoms with van der Waals surface area (Å²) in [7, 11) is 1.83. The normalized spacial score (nSPS) is 13.9. The van der Waals surface area contributed by atoms with Gasteiger partial charge in [0.25, 0.3) is 0 Å². The van der Waals surface area contributed by atoms with Crippen LogP contribution in [0.4, 0.5) is 0 Å². The van der Waals surface area contributed by atoms with Gasteiger partial charge in [0.2, 0.25) is 0 Å². The molecule has 0 aliphatic carbocycles. The van der Waals surface area contributed by atoms with Crippen LogP contribution >= 0.6 is 23.1 Å². The van der Waals surface area contributed by atoms with E-state index in [0.717, 1.165) is 16.3 Å². The molecule has 2 N–H and O–H groups in total. The molecular formula is C11H16ClN5S. The van der Waals surface area contributed by atoms with Crippen LogP contribution in [0.3, 0.4) is 0 Å². The van der Waals surface area contributed by atoms with Crippen molar-refractivity contribution in [1.29, 1.82) is 0 Å². The van der Waals surface area contributed by atoms with Gasteiger partial charge < -0.3 is 5.73 Å². The zero-order valence-corrected chi connectivity index (χ0v) is 12.4. The van der Waals surface area contributed by atoms with Gasteiger partial charge >= 0.3 is 0 Å². The number of rotatable bonds is 2. The number of hydrogen-bond donors (Lipinski definition) is 1. The second-order valence-corrected chi connectivity index (χ2v) is 6.41. The highest BCUT2D eigenvalue weighted by atomic mass is 35.5. The van der Waals surface area contributed by atoms with Gasteiger partial charge in [0.15, 0.2) is 0 Å². The summed E-state index contributed by atoms with van der Waals surface area (Å²) in [5, 5.41) is 8.87. The highest BCUT2D eigenvalue weighted by Crippen LogP contribution is 2.34. The first-order valence-corrected chi connectivity index (χ1v) is 6.73. The quantitative estimate of drug-likeness (QED) is 0.919. The molecule has 0 amide bonds. The molecule has 0 bridgehead atoms. The number of nitrogens with zero attached hydrogens (tertiary/aromatic N) is 4. The third kappa shape index (κ3) is 2.28. The summed E-state index contributed by atoms with van der Waals surface area (Å²) in [6.45, 7) is 6.26. The Labute approximate surface area is 115 Å². The Morgan fingerprint density at radius 3 is 2.61 bits per heavy atom. The van der Waals surface area contributed by atoms with Crippen LogP contribution in [0.15, 0.2) is 6.20 Å². The first-order chi connectivity index (χ1) is 8.32. The van der Waals surface area contributed by atoms with Gasteiger partial charge in [0, 0.05) is 12.5 Å². The lowest BCUT2D eigenvalue weighted by atomic mass is 9.89. The van der Waals surface area contributed by atoms with Gasteiger partial charge in [-0.25, -0.2) is 0 Å². The van der Waals surface area contributed by atoms with Gasteiger partial charge in [-0.15, -0.1) is 5.10 Å². The van der Waals surface area contributed by atoms with E-state index >= 15 is 0 Å². The molecule has 5 nitrogen and oxygen atoms in total. The molecule has 0 saturated carbocycles. The molecule has 1 atom stereocenters. The SMILES string of the molecule is Cn1ncc(Cl)c1C(N)c1snnc1C(C)(C)C. The number of nitrogens with two attached hydrogens (primary N) is 1. The van der Waals surface area contributed by atoms with E-state index in [1.165, 1.54) is 11.5 Å². The average Bonchev–Trinajstić information content (AvgIpc) is 2.84. The van der Waals surface area contributed by atoms with Crippen LogP contribution in [-0.4, -0.2) is 19.4 Å². The molecule has 98 valence electrons. The van der Waals surface area contributed by atoms with Gasteiger partial charge in [0.05, 0.1) is 33.5 Å². The van der Waals surface area contributed by atoms with Crippen molar-refractivity contribution in [1.82, 2.24) is 19.4 Å². The van der Waals surface area contributed by atoms with Crippen molar-refractivity contribution in [3.05, 3.63) is 27.5 Å². The number of hydrogen-bond acceptors (Lipinski definition) is 5. The van der Waals surface area contributed by atoms with Crippen LogP contribution in [0.25, 0.3) is 0 Å². The Morgan fingerprint density at radius 1 is 1.44 bits per heavy atom. The summed E-state index contributed by atoms with van der Waals surface area (Å²) in [5.41, 5.74) is 7.90. The molecule has 0 fully saturated rings. The predicted octanol–water partition coefficient (Wildman–Crippen LogP) is 2.27. The lowest BCUT2D eigenvalue weighted by molar-refractivity contribution is 0.553. The van der Waals surface area contributed by atoms with E-state index in [4.69, 9.17) is 17.3 Å². The fraction of sp³-hybridized carbons (Fsp3) is 0.545. The predicted molar refractivity (Wildman–Crippen MR) is 72.9 cm³/mol. The fourth-order valence-corrected chi connectivity index (χ4v) is 2.97. The van der Waals surface area contributed by atoms with E-state index in [0.29, 0.717) is 5.02 Å². The summed E-state index contributed by atoms with van der Waals surface area (Å²) in [6.07, 6.45) is 1.60. The van der Waals surface area contributed by atoms with E-state index in [9.17, 15) is 0 Å². The summed E-state index contributed by atoms with van der Waals surface area (Å²) < 4.78 is 5.71. The van der Waals surface area contributed by atoms with E-state index in [1.54, 1.807) is 10.9 Å². The minimum Gasteiger partial charge on any atom is -0.318 e. The van der Waals surface area contributed by atoms with Crippen LogP contribution < -0.4 is 5.73 Å². The molecule has 0 saturated heterocycles. The van der Waals surface area contributed by atoms with Gasteiger partial charge in [-0.3, -0.25) is 4.68 Å². The Morgan fingerprint density at radius 2 is 2.11 bits per heavy atom. The Balaban J connectivity index is 2.48. The molecule has 2 aromatic rings. The van der Waals surface area contributed by atoms with Crippen LogP contribution in [-0.2, 0) is 12.5 Å². The number of aryl methyl sites for hydroxylation is 1. The molecule has 2 aromatic heterocycles. The number of halogens is 1. The first kappa shape index (κ1) is 13.5. The third-order valence-corrected chi connectivity index (χ3v) is 3.84. The van der Waals surface area contributed by atoms with Gasteiger partial charge in [-0.1, -0.05) is 36.9 Å². The first-order valence-electron chi connectivity index (χ1n) is 5.58. The largest absolute Gasteiger partial charge is 0.318 e. The maximum absolute atomic E-state index is 6.29. The topological polar surface area (TPSA) is 69.6 Å². The molecule has 2 rings (SSSR count). The zero-order valence-electron chi connectivity index (χ0n) is 10.8. The lowest BCUT2D eigenvalue weighted by Crippen LogP contribution is -2.21. The van der Waals surface area contributed by atoms with Crippen molar-refractivity contribution in [3.8, 4) is 0 Å². The molecule has 7 heteroatoms. The van der Waals surface area contributed by atoms with Gasteiger partial charge in [-0.2, -0.15) is 5.10 Å². The lowest BCUT2D eigenvalue weighted by Gasteiger charge is -2.19. The second-order valence-electron chi connectivity index (χ2n) is 5.21. The molecule has 0 aromatic carbocycles. The zero-order chi connectivity index (χ0) is 13.5. The molecular weight excluding hydrogens is 270 g/mol. The second kappa shape index (κ2) is 4.60. The minimum atomic E-state index is -0.348. The highest BCUT2D eigenvalue weighted by Gasteiger charge is 2.28. The van der Waals surface area contributed by atoms with E-state index < -0.39 is 0 Å². The van der Waals surface area contributed by atoms with Crippen LogP contribution in [0.1, 0.15) is 43.1 Å².